The van der Waals surface area contributed by atoms with Crippen molar-refractivity contribution in [3.63, 3.8) is 0 Å². The zero-order valence-corrected chi connectivity index (χ0v) is 13.5. The number of carbonyl (C=O) groups excluding carboxylic acids is 1. The van der Waals surface area contributed by atoms with Crippen LogP contribution in [0.1, 0.15) is 32.0 Å². The molecule has 0 amide bonds. The van der Waals surface area contributed by atoms with Gasteiger partial charge in [0.1, 0.15) is 5.41 Å². The number of nitrogens with zero attached hydrogens (tertiary/aromatic N) is 2. The van der Waals surface area contributed by atoms with E-state index in [1.54, 1.807) is 19.3 Å². The smallest absolute Gasteiger partial charge is 0.317 e. The molecule has 0 radical (unpaired) electrons. The van der Waals surface area contributed by atoms with Crippen LogP contribution in [0.4, 0.5) is 10.8 Å². The van der Waals surface area contributed by atoms with E-state index in [1.807, 2.05) is 32.2 Å². The highest BCUT2D eigenvalue weighted by Crippen LogP contribution is 2.29. The first-order chi connectivity index (χ1) is 9.93. The number of rotatable bonds is 5. The van der Waals surface area contributed by atoms with Crippen LogP contribution in [-0.2, 0) is 14.9 Å². The fraction of sp³-hybridized carbons (Fsp3) is 0.400. The lowest BCUT2D eigenvalue weighted by Crippen LogP contribution is -2.31. The average Bonchev–Trinajstić information content (AvgIpc) is 2.88. The van der Waals surface area contributed by atoms with Crippen LogP contribution in [0.2, 0.25) is 0 Å². The molecule has 2 aromatic rings. The highest BCUT2D eigenvalue weighted by atomic mass is 32.1. The van der Waals surface area contributed by atoms with E-state index in [0.717, 1.165) is 16.4 Å². The van der Waals surface area contributed by atoms with E-state index in [2.05, 4.69) is 15.3 Å². The molecule has 112 valence electrons. The fourth-order valence-corrected chi connectivity index (χ4v) is 2.68. The molecule has 5 nitrogen and oxygen atoms in total. The second-order valence-electron chi connectivity index (χ2n) is 5.26. The van der Waals surface area contributed by atoms with Gasteiger partial charge in [-0.05, 0) is 39.3 Å². The van der Waals surface area contributed by atoms with Crippen molar-refractivity contribution in [2.24, 2.45) is 0 Å². The topological polar surface area (TPSA) is 64.1 Å². The number of anilines is 2. The zero-order valence-electron chi connectivity index (χ0n) is 12.6. The summed E-state index contributed by atoms with van der Waals surface area (Å²) in [5, 5.41) is 5.81. The molecule has 0 aliphatic rings. The van der Waals surface area contributed by atoms with Crippen LogP contribution < -0.4 is 5.32 Å². The Morgan fingerprint density at radius 2 is 2.19 bits per heavy atom. The van der Waals surface area contributed by atoms with Gasteiger partial charge in [0.25, 0.3) is 0 Å². The molecule has 21 heavy (non-hydrogen) atoms. The van der Waals surface area contributed by atoms with Gasteiger partial charge in [0.15, 0.2) is 5.13 Å². The number of carbonyl (C=O) groups is 1. The van der Waals surface area contributed by atoms with Crippen LogP contribution in [0, 0.1) is 6.92 Å². The number of hydrogen-bond acceptors (Lipinski definition) is 6. The largest absolute Gasteiger partial charge is 0.465 e. The Morgan fingerprint density at radius 1 is 1.43 bits per heavy atom. The molecule has 0 aliphatic carbocycles. The molecule has 0 saturated heterocycles. The SMILES string of the molecule is CCOC(=O)C(C)(C)c1csc(Nc2cncc(C)c2)n1. The van der Waals surface area contributed by atoms with Crippen LogP contribution in [0.25, 0.3) is 0 Å². The van der Waals surface area contributed by atoms with E-state index in [9.17, 15) is 4.79 Å². The maximum absolute atomic E-state index is 12.0. The predicted molar refractivity (Wildman–Crippen MR) is 84.0 cm³/mol. The van der Waals surface area contributed by atoms with Crippen LogP contribution in [0.3, 0.4) is 0 Å². The lowest BCUT2D eigenvalue weighted by atomic mass is 9.90. The minimum absolute atomic E-state index is 0.265. The van der Waals surface area contributed by atoms with Gasteiger partial charge >= 0.3 is 5.97 Å². The van der Waals surface area contributed by atoms with E-state index in [4.69, 9.17) is 4.74 Å². The standard InChI is InChI=1S/C15H19N3O2S/c1-5-20-13(19)15(3,4)12-9-21-14(18-12)17-11-6-10(2)7-16-8-11/h6-9H,5H2,1-4H3,(H,17,18). The number of aryl methyl sites for hydroxylation is 1. The Bertz CT molecular complexity index is 637. The minimum atomic E-state index is -0.753. The summed E-state index contributed by atoms with van der Waals surface area (Å²) in [4.78, 5) is 20.6. The van der Waals surface area contributed by atoms with Crippen LogP contribution in [0.15, 0.2) is 23.8 Å². The van der Waals surface area contributed by atoms with Crippen molar-refractivity contribution in [2.45, 2.75) is 33.1 Å². The summed E-state index contributed by atoms with van der Waals surface area (Å²) in [7, 11) is 0. The first kappa shape index (κ1) is 15.4. The van der Waals surface area contributed by atoms with Crippen LogP contribution in [0.5, 0.6) is 0 Å². The number of nitrogens with one attached hydrogen (secondary N) is 1. The molecular weight excluding hydrogens is 286 g/mol. The van der Waals surface area contributed by atoms with Crippen molar-refractivity contribution >= 4 is 28.1 Å². The summed E-state index contributed by atoms with van der Waals surface area (Å²) in [6, 6.07) is 1.99. The van der Waals surface area contributed by atoms with Gasteiger partial charge in [-0.25, -0.2) is 4.98 Å². The summed E-state index contributed by atoms with van der Waals surface area (Å²) in [6.07, 6.45) is 3.53. The van der Waals surface area contributed by atoms with Crippen molar-refractivity contribution in [1.29, 1.82) is 0 Å². The van der Waals surface area contributed by atoms with E-state index in [-0.39, 0.29) is 5.97 Å². The van der Waals surface area contributed by atoms with E-state index in [1.165, 1.54) is 11.3 Å². The van der Waals surface area contributed by atoms with Crippen molar-refractivity contribution in [1.82, 2.24) is 9.97 Å². The third kappa shape index (κ3) is 3.58. The predicted octanol–water partition coefficient (Wildman–Crippen LogP) is 3.43. The molecule has 0 spiro atoms. The zero-order chi connectivity index (χ0) is 15.5. The number of thiazole rings is 1. The van der Waals surface area contributed by atoms with E-state index in [0.29, 0.717) is 12.3 Å². The van der Waals surface area contributed by atoms with Gasteiger partial charge in [0.2, 0.25) is 0 Å². The molecule has 0 atom stereocenters. The van der Waals surface area contributed by atoms with Crippen molar-refractivity contribution in [3.8, 4) is 0 Å². The highest BCUT2D eigenvalue weighted by molar-refractivity contribution is 7.13. The van der Waals surface area contributed by atoms with E-state index < -0.39 is 5.41 Å². The maximum atomic E-state index is 12.0. The van der Waals surface area contributed by atoms with Crippen molar-refractivity contribution < 1.29 is 9.53 Å². The van der Waals surface area contributed by atoms with Crippen LogP contribution >= 0.6 is 11.3 Å². The molecular formula is C15H19N3O2S. The first-order valence-electron chi connectivity index (χ1n) is 6.75. The van der Waals surface area contributed by atoms with Crippen LogP contribution in [-0.4, -0.2) is 22.5 Å². The van der Waals surface area contributed by atoms with Gasteiger partial charge in [-0.2, -0.15) is 0 Å². The van der Waals surface area contributed by atoms with Gasteiger partial charge in [0, 0.05) is 11.6 Å². The molecule has 0 unspecified atom stereocenters. The van der Waals surface area contributed by atoms with Crippen molar-refractivity contribution in [2.75, 3.05) is 11.9 Å². The summed E-state index contributed by atoms with van der Waals surface area (Å²) in [5.41, 5.74) is 1.90. The van der Waals surface area contributed by atoms with E-state index >= 15 is 0 Å². The molecule has 6 heteroatoms. The second-order valence-corrected chi connectivity index (χ2v) is 6.12. The van der Waals surface area contributed by atoms with Gasteiger partial charge in [-0.15, -0.1) is 11.3 Å². The number of pyridine rings is 1. The molecule has 0 bridgehead atoms. The maximum Gasteiger partial charge on any atom is 0.317 e. The first-order valence-corrected chi connectivity index (χ1v) is 7.63. The Balaban J connectivity index is 2.16. The van der Waals surface area contributed by atoms with Gasteiger partial charge < -0.3 is 10.1 Å². The Labute approximate surface area is 128 Å². The summed E-state index contributed by atoms with van der Waals surface area (Å²) in [5.74, 6) is -0.265. The summed E-state index contributed by atoms with van der Waals surface area (Å²) < 4.78 is 5.10. The Hall–Kier alpha value is -1.95. The van der Waals surface area contributed by atoms with Gasteiger partial charge in [-0.3, -0.25) is 9.78 Å². The van der Waals surface area contributed by atoms with Crippen molar-refractivity contribution in [3.05, 3.63) is 35.1 Å². The third-order valence-corrected chi connectivity index (χ3v) is 3.81. The van der Waals surface area contributed by atoms with Gasteiger partial charge in [-0.1, -0.05) is 0 Å². The highest BCUT2D eigenvalue weighted by Gasteiger charge is 2.33. The Morgan fingerprint density at radius 3 is 2.86 bits per heavy atom. The second kappa shape index (κ2) is 6.22. The third-order valence-electron chi connectivity index (χ3n) is 3.06. The lowest BCUT2D eigenvalue weighted by molar-refractivity contribution is -0.148. The fourth-order valence-electron chi connectivity index (χ4n) is 1.78. The number of aromatic nitrogens is 2. The number of hydrogen-bond donors (Lipinski definition) is 1. The monoisotopic (exact) mass is 305 g/mol. The quantitative estimate of drug-likeness (QED) is 0.857. The normalized spacial score (nSPS) is 11.2. The lowest BCUT2D eigenvalue weighted by Gasteiger charge is -2.19. The average molecular weight is 305 g/mol. The molecule has 2 rings (SSSR count). The summed E-state index contributed by atoms with van der Waals surface area (Å²) in [6.45, 7) is 7.78. The molecule has 0 saturated carbocycles. The Kier molecular flexibility index (Phi) is 4.57. The summed E-state index contributed by atoms with van der Waals surface area (Å²) >= 11 is 1.45. The molecule has 2 heterocycles. The molecule has 0 aliphatic heterocycles. The minimum Gasteiger partial charge on any atom is -0.465 e. The molecule has 0 fully saturated rings. The molecule has 2 aromatic heterocycles. The van der Waals surface area contributed by atoms with Gasteiger partial charge in [0.05, 0.1) is 24.2 Å². The number of esters is 1. The molecule has 1 N–H and O–H groups in total. The molecule has 0 aromatic carbocycles. The number of ether oxygens (including phenoxy) is 1.